The predicted octanol–water partition coefficient (Wildman–Crippen LogP) is 3.28. The molecule has 1 aliphatic heterocycles. The van der Waals surface area contributed by atoms with Crippen LogP contribution >= 0.6 is 12.4 Å². The van der Waals surface area contributed by atoms with E-state index < -0.39 is 6.04 Å². The van der Waals surface area contributed by atoms with Crippen molar-refractivity contribution in [1.82, 2.24) is 5.32 Å². The summed E-state index contributed by atoms with van der Waals surface area (Å²) in [5.41, 5.74) is 8.86. The number of halogens is 1. The summed E-state index contributed by atoms with van der Waals surface area (Å²) < 4.78 is 11.2. The highest BCUT2D eigenvalue weighted by molar-refractivity contribution is 5.85. The second kappa shape index (κ2) is 8.63. The molecule has 1 aliphatic rings. The van der Waals surface area contributed by atoms with Gasteiger partial charge in [-0.25, -0.2) is 0 Å². The van der Waals surface area contributed by atoms with Crippen molar-refractivity contribution in [3.8, 4) is 11.5 Å². The highest BCUT2D eigenvalue weighted by Crippen LogP contribution is 2.35. The standard InChI is InChI=1S/C21H26N2O3.ClH/c1-14-4-6-15(7-5-14)19(22)20(24)23-13-21(2,3)16-8-9-17-18(12-16)26-11-10-25-17;/h4-9,12,19H,10-11,13,22H2,1-3H3,(H,23,24);1H. The predicted molar refractivity (Wildman–Crippen MR) is 109 cm³/mol. The molecule has 0 saturated heterocycles. The van der Waals surface area contributed by atoms with Crippen LogP contribution in [0.1, 0.15) is 36.6 Å². The zero-order valence-corrected chi connectivity index (χ0v) is 16.8. The molecular formula is C21H27ClN2O3. The average molecular weight is 391 g/mol. The zero-order valence-electron chi connectivity index (χ0n) is 16.0. The third kappa shape index (κ3) is 4.93. The second-order valence-electron chi connectivity index (χ2n) is 7.35. The van der Waals surface area contributed by atoms with Crippen molar-refractivity contribution in [3.63, 3.8) is 0 Å². The van der Waals surface area contributed by atoms with Crippen molar-refractivity contribution in [3.05, 3.63) is 59.2 Å². The third-order valence-electron chi connectivity index (χ3n) is 4.75. The maximum atomic E-state index is 12.5. The summed E-state index contributed by atoms with van der Waals surface area (Å²) >= 11 is 0. The fraction of sp³-hybridized carbons (Fsp3) is 0.381. The van der Waals surface area contributed by atoms with Gasteiger partial charge in [0.2, 0.25) is 5.91 Å². The number of aryl methyl sites for hydroxylation is 1. The van der Waals surface area contributed by atoms with Crippen LogP contribution in [0.4, 0.5) is 0 Å². The highest BCUT2D eigenvalue weighted by atomic mass is 35.5. The number of hydrogen-bond donors (Lipinski definition) is 2. The molecule has 0 aromatic heterocycles. The molecule has 3 N–H and O–H groups in total. The fourth-order valence-corrected chi connectivity index (χ4v) is 2.91. The van der Waals surface area contributed by atoms with Gasteiger partial charge >= 0.3 is 0 Å². The van der Waals surface area contributed by atoms with Crippen LogP contribution in [0.2, 0.25) is 0 Å². The average Bonchev–Trinajstić information content (AvgIpc) is 2.65. The Hall–Kier alpha value is -2.24. The van der Waals surface area contributed by atoms with Gasteiger partial charge in [-0.2, -0.15) is 0 Å². The monoisotopic (exact) mass is 390 g/mol. The van der Waals surface area contributed by atoms with Crippen molar-refractivity contribution in [2.75, 3.05) is 19.8 Å². The number of carbonyl (C=O) groups excluding carboxylic acids is 1. The Labute approximate surface area is 166 Å². The largest absolute Gasteiger partial charge is 0.486 e. The van der Waals surface area contributed by atoms with Crippen LogP contribution < -0.4 is 20.5 Å². The van der Waals surface area contributed by atoms with E-state index in [1.165, 1.54) is 0 Å². The van der Waals surface area contributed by atoms with Gasteiger partial charge in [-0.1, -0.05) is 49.7 Å². The third-order valence-corrected chi connectivity index (χ3v) is 4.75. The molecule has 6 heteroatoms. The van der Waals surface area contributed by atoms with E-state index in [9.17, 15) is 4.79 Å². The van der Waals surface area contributed by atoms with E-state index in [0.29, 0.717) is 19.8 Å². The minimum atomic E-state index is -0.674. The molecule has 1 unspecified atom stereocenters. The molecule has 0 saturated carbocycles. The van der Waals surface area contributed by atoms with Gasteiger partial charge in [-0.05, 0) is 30.2 Å². The molecule has 2 aromatic carbocycles. The topological polar surface area (TPSA) is 73.6 Å². The van der Waals surface area contributed by atoms with Crippen LogP contribution in [0.5, 0.6) is 11.5 Å². The van der Waals surface area contributed by atoms with Gasteiger partial charge in [0.15, 0.2) is 11.5 Å². The summed E-state index contributed by atoms with van der Waals surface area (Å²) in [5, 5.41) is 2.98. The number of carbonyl (C=O) groups is 1. The minimum absolute atomic E-state index is 0. The number of fused-ring (bicyclic) bond motifs is 1. The lowest BCUT2D eigenvalue weighted by molar-refractivity contribution is -0.122. The van der Waals surface area contributed by atoms with Crippen LogP contribution in [0.25, 0.3) is 0 Å². The maximum Gasteiger partial charge on any atom is 0.241 e. The molecule has 0 aliphatic carbocycles. The van der Waals surface area contributed by atoms with Gasteiger partial charge in [-0.3, -0.25) is 4.79 Å². The van der Waals surface area contributed by atoms with Gasteiger partial charge in [0, 0.05) is 12.0 Å². The molecule has 0 spiro atoms. The fourth-order valence-electron chi connectivity index (χ4n) is 2.91. The van der Waals surface area contributed by atoms with Gasteiger partial charge in [0.05, 0.1) is 0 Å². The first-order valence-corrected chi connectivity index (χ1v) is 8.87. The van der Waals surface area contributed by atoms with Gasteiger partial charge < -0.3 is 20.5 Å². The van der Waals surface area contributed by atoms with Crippen LogP contribution in [-0.4, -0.2) is 25.7 Å². The SMILES string of the molecule is Cc1ccc(C(N)C(=O)NCC(C)(C)c2ccc3c(c2)OCCO3)cc1.Cl. The van der Waals surface area contributed by atoms with Crippen molar-refractivity contribution in [1.29, 1.82) is 0 Å². The Morgan fingerprint density at radius 2 is 1.74 bits per heavy atom. The Balaban J connectivity index is 0.00000261. The van der Waals surface area contributed by atoms with E-state index >= 15 is 0 Å². The maximum absolute atomic E-state index is 12.5. The van der Waals surface area contributed by atoms with E-state index in [0.717, 1.165) is 28.2 Å². The highest BCUT2D eigenvalue weighted by Gasteiger charge is 2.25. The van der Waals surface area contributed by atoms with Crippen molar-refractivity contribution >= 4 is 18.3 Å². The molecule has 0 fully saturated rings. The normalized spacial score (nSPS) is 14.1. The lowest BCUT2D eigenvalue weighted by atomic mass is 9.84. The minimum Gasteiger partial charge on any atom is -0.486 e. The summed E-state index contributed by atoms with van der Waals surface area (Å²) in [6, 6.07) is 13.0. The molecule has 146 valence electrons. The molecule has 1 heterocycles. The van der Waals surface area contributed by atoms with Crippen molar-refractivity contribution in [2.24, 2.45) is 5.73 Å². The van der Waals surface area contributed by atoms with E-state index in [-0.39, 0.29) is 23.7 Å². The smallest absolute Gasteiger partial charge is 0.241 e. The summed E-state index contributed by atoms with van der Waals surface area (Å²) in [6.07, 6.45) is 0. The first kappa shape index (κ1) is 21.1. The van der Waals surface area contributed by atoms with Crippen LogP contribution in [-0.2, 0) is 10.2 Å². The van der Waals surface area contributed by atoms with Crippen molar-refractivity contribution < 1.29 is 14.3 Å². The Bertz CT molecular complexity index is 791. The molecule has 0 bridgehead atoms. The molecular weight excluding hydrogens is 364 g/mol. The van der Waals surface area contributed by atoms with Gasteiger partial charge in [0.1, 0.15) is 19.3 Å². The van der Waals surface area contributed by atoms with E-state index in [2.05, 4.69) is 19.2 Å². The Morgan fingerprint density at radius 3 is 2.41 bits per heavy atom. The van der Waals surface area contributed by atoms with Crippen LogP contribution in [0.3, 0.4) is 0 Å². The Kier molecular flexibility index (Phi) is 6.73. The zero-order chi connectivity index (χ0) is 18.7. The number of benzene rings is 2. The van der Waals surface area contributed by atoms with E-state index in [1.54, 1.807) is 0 Å². The number of nitrogens with one attached hydrogen (secondary N) is 1. The number of rotatable bonds is 5. The molecule has 1 atom stereocenters. The summed E-state index contributed by atoms with van der Waals surface area (Å²) in [7, 11) is 0. The van der Waals surface area contributed by atoms with Crippen LogP contribution in [0, 0.1) is 6.92 Å². The molecule has 0 radical (unpaired) electrons. The van der Waals surface area contributed by atoms with Gasteiger partial charge in [-0.15, -0.1) is 12.4 Å². The number of amides is 1. The molecule has 3 rings (SSSR count). The Morgan fingerprint density at radius 1 is 1.11 bits per heavy atom. The van der Waals surface area contributed by atoms with Crippen LogP contribution in [0.15, 0.2) is 42.5 Å². The summed E-state index contributed by atoms with van der Waals surface area (Å²) in [4.78, 5) is 12.5. The first-order chi connectivity index (χ1) is 12.4. The number of ether oxygens (including phenoxy) is 2. The van der Waals surface area contributed by atoms with E-state index in [4.69, 9.17) is 15.2 Å². The molecule has 2 aromatic rings. The molecule has 5 nitrogen and oxygen atoms in total. The number of hydrogen-bond acceptors (Lipinski definition) is 4. The molecule has 27 heavy (non-hydrogen) atoms. The second-order valence-corrected chi connectivity index (χ2v) is 7.35. The lowest BCUT2D eigenvalue weighted by Crippen LogP contribution is -2.41. The van der Waals surface area contributed by atoms with E-state index in [1.807, 2.05) is 49.4 Å². The number of nitrogens with two attached hydrogens (primary N) is 1. The van der Waals surface area contributed by atoms with Gasteiger partial charge in [0.25, 0.3) is 0 Å². The molecule has 1 amide bonds. The quantitative estimate of drug-likeness (QED) is 0.821. The summed E-state index contributed by atoms with van der Waals surface area (Å²) in [6.45, 7) is 7.77. The first-order valence-electron chi connectivity index (χ1n) is 8.87. The lowest BCUT2D eigenvalue weighted by Gasteiger charge is -2.28. The summed E-state index contributed by atoms with van der Waals surface area (Å²) in [5.74, 6) is 1.34. The van der Waals surface area contributed by atoms with Crippen molar-refractivity contribution in [2.45, 2.75) is 32.2 Å².